The van der Waals surface area contributed by atoms with E-state index in [-0.39, 0.29) is 6.61 Å². The molecule has 3 atom stereocenters. The molecule has 1 amide bonds. The van der Waals surface area contributed by atoms with Crippen LogP contribution >= 0.6 is 0 Å². The van der Waals surface area contributed by atoms with Gasteiger partial charge in [0, 0.05) is 0 Å². The Hall–Kier alpha value is -0.910. The van der Waals surface area contributed by atoms with Crippen molar-refractivity contribution in [2.24, 2.45) is 0 Å². The number of carbonyl (C=O) groups is 1. The van der Waals surface area contributed by atoms with Gasteiger partial charge in [-0.05, 0) is 19.8 Å². The second kappa shape index (κ2) is 17.5. The van der Waals surface area contributed by atoms with Gasteiger partial charge in [-0.15, -0.1) is 0 Å². The van der Waals surface area contributed by atoms with Gasteiger partial charge < -0.3 is 20.6 Å². The first-order valence-electron chi connectivity index (χ1n) is 10.5. The zero-order valence-electron chi connectivity index (χ0n) is 16.8. The standard InChI is InChI=1S/C21H41NO4/c1-3-4-5-6-7-8-9-10-11-12-13-14-15-16-20(25)19(17-23)22-21(26)18(2)24/h15-16,18-20,23-25H,3-14,17H2,1-2H3,(H,22,26)/b16-15+/t18-,19+,20-/m1/s1. The third kappa shape index (κ3) is 14.3. The quantitative estimate of drug-likeness (QED) is 0.233. The maximum absolute atomic E-state index is 11.4. The lowest BCUT2D eigenvalue weighted by molar-refractivity contribution is -0.130. The van der Waals surface area contributed by atoms with Gasteiger partial charge in [0.15, 0.2) is 0 Å². The summed E-state index contributed by atoms with van der Waals surface area (Å²) in [7, 11) is 0. The fourth-order valence-corrected chi connectivity index (χ4v) is 2.84. The number of hydrogen-bond acceptors (Lipinski definition) is 4. The summed E-state index contributed by atoms with van der Waals surface area (Å²) < 4.78 is 0. The number of hydrogen-bond donors (Lipinski definition) is 4. The van der Waals surface area contributed by atoms with E-state index in [2.05, 4.69) is 12.2 Å². The molecule has 0 spiro atoms. The van der Waals surface area contributed by atoms with E-state index in [1.165, 1.54) is 71.1 Å². The minimum absolute atomic E-state index is 0.373. The molecule has 4 N–H and O–H groups in total. The van der Waals surface area contributed by atoms with Crippen molar-refractivity contribution >= 4 is 5.91 Å². The Kier molecular flexibility index (Phi) is 16.9. The molecule has 0 radical (unpaired) electrons. The van der Waals surface area contributed by atoms with Crippen LogP contribution in [0.3, 0.4) is 0 Å². The second-order valence-electron chi connectivity index (χ2n) is 7.22. The highest BCUT2D eigenvalue weighted by atomic mass is 16.3. The third-order valence-corrected chi connectivity index (χ3v) is 4.62. The van der Waals surface area contributed by atoms with Gasteiger partial charge in [0.1, 0.15) is 6.10 Å². The van der Waals surface area contributed by atoms with Crippen LogP contribution in [0.5, 0.6) is 0 Å². The molecule has 0 fully saturated rings. The molecule has 5 nitrogen and oxygen atoms in total. The van der Waals surface area contributed by atoms with Crippen LogP contribution in [0.1, 0.15) is 90.9 Å². The fraction of sp³-hybridized carbons (Fsp3) is 0.857. The highest BCUT2D eigenvalue weighted by Crippen LogP contribution is 2.12. The molecular weight excluding hydrogens is 330 g/mol. The summed E-state index contributed by atoms with van der Waals surface area (Å²) in [6, 6.07) is -0.786. The van der Waals surface area contributed by atoms with Crippen molar-refractivity contribution in [1.82, 2.24) is 5.32 Å². The van der Waals surface area contributed by atoms with Gasteiger partial charge in [0.2, 0.25) is 5.91 Å². The summed E-state index contributed by atoms with van der Waals surface area (Å²) in [5.74, 6) is -0.595. The van der Waals surface area contributed by atoms with E-state index in [0.717, 1.165) is 12.8 Å². The molecule has 0 unspecified atom stereocenters. The number of aliphatic hydroxyl groups excluding tert-OH is 3. The highest BCUT2D eigenvalue weighted by molar-refractivity contribution is 5.80. The Bertz CT molecular complexity index is 358. The molecule has 0 aromatic carbocycles. The summed E-state index contributed by atoms with van der Waals surface area (Å²) in [5, 5.41) is 30.8. The number of amides is 1. The average molecular weight is 372 g/mol. The number of aliphatic hydroxyl groups is 3. The van der Waals surface area contributed by atoms with Gasteiger partial charge in [-0.1, -0.05) is 83.3 Å². The molecule has 0 aliphatic carbocycles. The number of carbonyl (C=O) groups excluding carboxylic acids is 1. The van der Waals surface area contributed by atoms with Crippen LogP contribution in [-0.2, 0) is 4.79 Å². The van der Waals surface area contributed by atoms with E-state index in [4.69, 9.17) is 5.11 Å². The predicted octanol–water partition coefficient (Wildman–Crippen LogP) is 3.46. The van der Waals surface area contributed by atoms with E-state index in [1.807, 2.05) is 6.08 Å². The zero-order chi connectivity index (χ0) is 19.6. The molecule has 154 valence electrons. The van der Waals surface area contributed by atoms with Gasteiger partial charge in [0.05, 0.1) is 18.8 Å². The Morgan fingerprint density at radius 1 is 0.923 bits per heavy atom. The van der Waals surface area contributed by atoms with Crippen LogP contribution in [0.25, 0.3) is 0 Å². The van der Waals surface area contributed by atoms with Crippen LogP contribution in [0.4, 0.5) is 0 Å². The monoisotopic (exact) mass is 371 g/mol. The molecule has 0 bridgehead atoms. The van der Waals surface area contributed by atoms with Crippen LogP contribution in [0.2, 0.25) is 0 Å². The first-order valence-corrected chi connectivity index (χ1v) is 10.5. The van der Waals surface area contributed by atoms with E-state index >= 15 is 0 Å². The highest BCUT2D eigenvalue weighted by Gasteiger charge is 2.20. The SMILES string of the molecule is CCCCCCCCCCCCC/C=C/[C@@H](O)[C@H](CO)NC(=O)[C@@H](C)O. The van der Waals surface area contributed by atoms with E-state index in [9.17, 15) is 15.0 Å². The Morgan fingerprint density at radius 3 is 1.88 bits per heavy atom. The van der Waals surface area contributed by atoms with Crippen LogP contribution in [-0.4, -0.2) is 46.1 Å². The minimum Gasteiger partial charge on any atom is -0.394 e. The fourth-order valence-electron chi connectivity index (χ4n) is 2.84. The van der Waals surface area contributed by atoms with Gasteiger partial charge in [-0.2, -0.15) is 0 Å². The molecule has 0 aromatic rings. The van der Waals surface area contributed by atoms with Crippen molar-refractivity contribution in [3.05, 3.63) is 12.2 Å². The van der Waals surface area contributed by atoms with Crippen molar-refractivity contribution in [2.75, 3.05) is 6.61 Å². The summed E-state index contributed by atoms with van der Waals surface area (Å²) >= 11 is 0. The minimum atomic E-state index is -1.16. The number of allylic oxidation sites excluding steroid dienone is 1. The van der Waals surface area contributed by atoms with Gasteiger partial charge in [-0.25, -0.2) is 0 Å². The molecule has 0 heterocycles. The summed E-state index contributed by atoms with van der Waals surface area (Å²) in [4.78, 5) is 11.4. The molecular formula is C21H41NO4. The number of unbranched alkanes of at least 4 members (excludes halogenated alkanes) is 11. The molecule has 0 saturated heterocycles. The maximum atomic E-state index is 11.4. The molecule has 0 aromatic heterocycles. The Balaban J connectivity index is 3.62. The summed E-state index contributed by atoms with van der Waals surface area (Å²) in [5.41, 5.74) is 0. The van der Waals surface area contributed by atoms with Crippen LogP contribution in [0, 0.1) is 0 Å². The first-order chi connectivity index (χ1) is 12.5. The molecule has 0 aliphatic rings. The lowest BCUT2D eigenvalue weighted by Crippen LogP contribution is -2.48. The molecule has 26 heavy (non-hydrogen) atoms. The van der Waals surface area contributed by atoms with Gasteiger partial charge >= 0.3 is 0 Å². The maximum Gasteiger partial charge on any atom is 0.248 e. The largest absolute Gasteiger partial charge is 0.394 e. The summed E-state index contributed by atoms with van der Waals surface area (Å²) in [6.07, 6.45) is 16.6. The van der Waals surface area contributed by atoms with E-state index in [1.54, 1.807) is 6.08 Å². The van der Waals surface area contributed by atoms with Crippen LogP contribution in [0.15, 0.2) is 12.2 Å². The van der Waals surface area contributed by atoms with Crippen LogP contribution < -0.4 is 5.32 Å². The van der Waals surface area contributed by atoms with Crippen molar-refractivity contribution in [3.63, 3.8) is 0 Å². The lowest BCUT2D eigenvalue weighted by atomic mass is 10.0. The third-order valence-electron chi connectivity index (χ3n) is 4.62. The zero-order valence-corrected chi connectivity index (χ0v) is 16.8. The Labute approximate surface area is 159 Å². The molecule has 0 saturated carbocycles. The predicted molar refractivity (Wildman–Crippen MR) is 107 cm³/mol. The van der Waals surface area contributed by atoms with Gasteiger partial charge in [0.25, 0.3) is 0 Å². The van der Waals surface area contributed by atoms with E-state index < -0.39 is 24.2 Å². The number of rotatable bonds is 17. The van der Waals surface area contributed by atoms with Crippen molar-refractivity contribution in [2.45, 2.75) is 109 Å². The lowest BCUT2D eigenvalue weighted by Gasteiger charge is -2.20. The van der Waals surface area contributed by atoms with Gasteiger partial charge in [-0.3, -0.25) is 4.79 Å². The number of nitrogens with one attached hydrogen (secondary N) is 1. The molecule has 5 heteroatoms. The first kappa shape index (κ1) is 25.1. The normalized spacial score (nSPS) is 15.1. The average Bonchev–Trinajstić information content (AvgIpc) is 2.62. The molecule has 0 aliphatic heterocycles. The van der Waals surface area contributed by atoms with E-state index in [0.29, 0.717) is 0 Å². The van der Waals surface area contributed by atoms with Crippen molar-refractivity contribution in [1.29, 1.82) is 0 Å². The summed E-state index contributed by atoms with van der Waals surface area (Å²) in [6.45, 7) is 3.22. The molecule has 0 rings (SSSR count). The smallest absolute Gasteiger partial charge is 0.248 e. The second-order valence-corrected chi connectivity index (χ2v) is 7.22. The van der Waals surface area contributed by atoms with Crippen molar-refractivity contribution < 1.29 is 20.1 Å². The topological polar surface area (TPSA) is 89.8 Å². The Morgan fingerprint density at radius 2 is 1.42 bits per heavy atom. The van der Waals surface area contributed by atoms with Crippen molar-refractivity contribution in [3.8, 4) is 0 Å².